The normalized spacial score (nSPS) is 14.0. The monoisotopic (exact) mass is 171 g/mol. The van der Waals surface area contributed by atoms with Gasteiger partial charge in [-0.25, -0.2) is 0 Å². The highest BCUT2D eigenvalue weighted by atomic mass is 28.5. The summed E-state index contributed by atoms with van der Waals surface area (Å²) in [6.45, 7) is 3.72. The zero-order valence-electron chi connectivity index (χ0n) is 5.70. The van der Waals surface area contributed by atoms with E-state index in [0.29, 0.717) is 0 Å². The van der Waals surface area contributed by atoms with Crippen LogP contribution in [-0.2, 0) is 0 Å². The summed E-state index contributed by atoms with van der Waals surface area (Å²) in [4.78, 5) is 8.94. The van der Waals surface area contributed by atoms with Crippen LogP contribution in [0.3, 0.4) is 0 Å². The van der Waals surface area contributed by atoms with Gasteiger partial charge in [0.2, 0.25) is 0 Å². The molecule has 0 radical (unpaired) electrons. The number of hydrogen-bond donors (Lipinski definition) is 2. The molecule has 2 nitrogen and oxygen atoms in total. The van der Waals surface area contributed by atoms with Gasteiger partial charge in [0.05, 0.1) is 0 Å². The van der Waals surface area contributed by atoms with Gasteiger partial charge in [0.25, 0.3) is 8.48 Å². The van der Waals surface area contributed by atoms with Crippen molar-refractivity contribution < 1.29 is 13.0 Å². The van der Waals surface area contributed by atoms with Gasteiger partial charge in [0, 0.05) is 6.55 Å². The first-order chi connectivity index (χ1) is 3.71. The molecular weight excluding hydrogens is 160 g/mol. The van der Waals surface area contributed by atoms with Crippen molar-refractivity contribution >= 4 is 17.4 Å². The Kier molecular flexibility index (Phi) is 2.51. The van der Waals surface area contributed by atoms with Crippen LogP contribution in [0.4, 0.5) is 8.22 Å². The Labute approximate surface area is 55.5 Å². The summed E-state index contributed by atoms with van der Waals surface area (Å²) in [7, 11) is -6.96. The van der Waals surface area contributed by atoms with Gasteiger partial charge in [-0.05, 0) is 13.1 Å². The highest BCUT2D eigenvalue weighted by Gasteiger charge is 2.35. The number of halogens is 2. The van der Waals surface area contributed by atoms with Crippen molar-refractivity contribution in [1.82, 2.24) is 4.65 Å². The molecule has 0 spiro atoms. The van der Waals surface area contributed by atoms with E-state index in [1.54, 1.807) is 0 Å². The van der Waals surface area contributed by atoms with Gasteiger partial charge in [0.1, 0.15) is 0 Å². The van der Waals surface area contributed by atoms with E-state index in [0.717, 1.165) is 6.55 Å². The lowest BCUT2D eigenvalue weighted by molar-refractivity contribution is 0.519. The van der Waals surface area contributed by atoms with Gasteiger partial charge < -0.3 is 4.80 Å². The smallest absolute Gasteiger partial charge is 0.420 e. The highest BCUT2D eigenvalue weighted by Crippen LogP contribution is 2.04. The molecule has 0 amide bonds. The molecule has 0 saturated heterocycles. The second kappa shape index (κ2) is 2.45. The molecule has 0 fully saturated rings. The Hall–Kier alpha value is 0.214. The molecule has 0 aromatic heterocycles. The van der Waals surface area contributed by atoms with Crippen LogP contribution in [-0.4, -0.2) is 22.2 Å². The largest absolute Gasteiger partial charge is 0.497 e. The summed E-state index contributed by atoms with van der Waals surface area (Å²) in [6, 6.07) is 0. The first-order valence-corrected chi connectivity index (χ1v) is 7.80. The molecule has 0 aliphatic carbocycles. The molecule has 0 atom stereocenters. The zero-order chi connectivity index (χ0) is 7.71. The minimum Gasteiger partial charge on any atom is -0.420 e. The van der Waals surface area contributed by atoms with Crippen molar-refractivity contribution in [2.24, 2.45) is 0 Å². The molecule has 0 heterocycles. The second-order valence-corrected chi connectivity index (χ2v) is 8.47. The molecule has 6 heteroatoms. The van der Waals surface area contributed by atoms with Crippen LogP contribution in [0.5, 0.6) is 0 Å². The van der Waals surface area contributed by atoms with Crippen LogP contribution >= 0.6 is 0 Å². The van der Waals surface area contributed by atoms with Gasteiger partial charge in [-0.15, -0.1) is 0 Å². The van der Waals surface area contributed by atoms with Crippen LogP contribution in [0.1, 0.15) is 0 Å². The molecule has 0 bridgehead atoms. The highest BCUT2D eigenvalue weighted by molar-refractivity contribution is 6.81. The van der Waals surface area contributed by atoms with Crippen molar-refractivity contribution in [3.63, 3.8) is 0 Å². The molecule has 0 saturated carbocycles. The molecule has 0 aliphatic rings. The molecular formula is C3H11F2NOSi2. The maximum absolute atomic E-state index is 12.1. The van der Waals surface area contributed by atoms with Gasteiger partial charge in [-0.3, -0.25) is 12.9 Å². The van der Waals surface area contributed by atoms with E-state index < -0.39 is 17.4 Å². The molecule has 0 aromatic carbocycles. The Balaban J connectivity index is 3.75. The first-order valence-electron chi connectivity index (χ1n) is 2.60. The Morgan fingerprint density at radius 3 is 1.56 bits per heavy atom. The minimum absolute atomic E-state index is 0.859. The fourth-order valence-corrected chi connectivity index (χ4v) is 4.83. The topological polar surface area (TPSA) is 32.3 Å². The van der Waals surface area contributed by atoms with Gasteiger partial charge in [-0.2, -0.15) is 0 Å². The molecule has 0 aromatic rings. The lowest BCUT2D eigenvalue weighted by Gasteiger charge is -2.18. The summed E-state index contributed by atoms with van der Waals surface area (Å²) < 4.78 is 26.2. The van der Waals surface area contributed by atoms with Crippen LogP contribution in [0.25, 0.3) is 0 Å². The molecule has 0 rings (SSSR count). The van der Waals surface area contributed by atoms with Gasteiger partial charge in [-0.1, -0.05) is 0 Å². The quantitative estimate of drug-likeness (QED) is 0.475. The fourth-order valence-electron chi connectivity index (χ4n) is 0.537. The third kappa shape index (κ3) is 8.21. The van der Waals surface area contributed by atoms with E-state index >= 15 is 0 Å². The average Bonchev–Trinajstić information content (AvgIpc) is 1.14. The standard InChI is InChI=1S/C3H11F2NOSi2/c1-8(2,7)6-9(3,4)5/h6-7H,1-3H3. The van der Waals surface area contributed by atoms with Crippen LogP contribution < -0.4 is 4.65 Å². The maximum atomic E-state index is 12.1. The van der Waals surface area contributed by atoms with Crippen LogP contribution in [0.2, 0.25) is 19.6 Å². The van der Waals surface area contributed by atoms with Crippen molar-refractivity contribution in [3.8, 4) is 0 Å². The Morgan fingerprint density at radius 2 is 1.56 bits per heavy atom. The van der Waals surface area contributed by atoms with E-state index in [4.69, 9.17) is 4.80 Å². The second-order valence-electron chi connectivity index (χ2n) is 2.57. The number of rotatable bonds is 2. The molecule has 56 valence electrons. The minimum atomic E-state index is -4.23. The maximum Gasteiger partial charge on any atom is 0.497 e. The van der Waals surface area contributed by atoms with E-state index in [2.05, 4.69) is 0 Å². The number of hydrogen-bond acceptors (Lipinski definition) is 2. The van der Waals surface area contributed by atoms with E-state index in [1.807, 2.05) is 4.65 Å². The first kappa shape index (κ1) is 9.21. The zero-order valence-corrected chi connectivity index (χ0v) is 7.70. The third-order valence-electron chi connectivity index (χ3n) is 0.525. The average molecular weight is 171 g/mol. The summed E-state index contributed by atoms with van der Waals surface area (Å²) >= 11 is 0. The summed E-state index contributed by atoms with van der Waals surface area (Å²) in [5, 5.41) is 0. The predicted octanol–water partition coefficient (Wildman–Crippen LogP) is 0.778. The van der Waals surface area contributed by atoms with Crippen LogP contribution in [0, 0.1) is 0 Å². The molecule has 2 N–H and O–H groups in total. The van der Waals surface area contributed by atoms with Gasteiger partial charge in [0.15, 0.2) is 0 Å². The molecule has 0 unspecified atom stereocenters. The van der Waals surface area contributed by atoms with Crippen molar-refractivity contribution in [2.75, 3.05) is 0 Å². The lowest BCUT2D eigenvalue weighted by atomic mass is 11.9. The van der Waals surface area contributed by atoms with Crippen molar-refractivity contribution in [2.45, 2.75) is 19.6 Å². The SMILES string of the molecule is C[Si](C)(O)N[Si](C)(F)F. The Morgan fingerprint density at radius 1 is 1.22 bits per heavy atom. The summed E-state index contributed by atoms with van der Waals surface area (Å²) in [5.41, 5.74) is 0. The summed E-state index contributed by atoms with van der Waals surface area (Å²) in [5.74, 6) is 0. The van der Waals surface area contributed by atoms with Crippen molar-refractivity contribution in [1.29, 1.82) is 0 Å². The Bertz CT molecular complexity index is 85.0. The lowest BCUT2D eigenvalue weighted by Crippen LogP contribution is -2.56. The van der Waals surface area contributed by atoms with Crippen LogP contribution in [0.15, 0.2) is 0 Å². The van der Waals surface area contributed by atoms with E-state index in [1.165, 1.54) is 13.1 Å². The fraction of sp³-hybridized carbons (Fsp3) is 1.00. The molecule has 0 aliphatic heterocycles. The third-order valence-corrected chi connectivity index (χ3v) is 4.73. The van der Waals surface area contributed by atoms with E-state index in [9.17, 15) is 8.22 Å². The van der Waals surface area contributed by atoms with E-state index in [-0.39, 0.29) is 0 Å². The summed E-state index contributed by atoms with van der Waals surface area (Å²) in [6.07, 6.45) is 0. The predicted molar refractivity (Wildman–Crippen MR) is 36.7 cm³/mol. The van der Waals surface area contributed by atoms with Crippen molar-refractivity contribution in [3.05, 3.63) is 0 Å². The number of nitrogens with one attached hydrogen (secondary N) is 1. The molecule has 9 heavy (non-hydrogen) atoms. The van der Waals surface area contributed by atoms with Gasteiger partial charge >= 0.3 is 8.90 Å².